The number of piperazine rings is 1. The molecule has 1 N–H and O–H groups in total. The Bertz CT molecular complexity index is 1160. The van der Waals surface area contributed by atoms with E-state index in [4.69, 9.17) is 4.74 Å². The van der Waals surface area contributed by atoms with Crippen molar-refractivity contribution < 1.29 is 14.3 Å². The highest BCUT2D eigenvalue weighted by atomic mass is 16.5. The minimum Gasteiger partial charge on any atom is -0.497 e. The van der Waals surface area contributed by atoms with E-state index < -0.39 is 0 Å². The Balaban J connectivity index is 1.31. The van der Waals surface area contributed by atoms with Gasteiger partial charge in [-0.2, -0.15) is 0 Å². The zero-order valence-corrected chi connectivity index (χ0v) is 20.9. The molecule has 3 aromatic rings. The van der Waals surface area contributed by atoms with Gasteiger partial charge < -0.3 is 19.9 Å². The van der Waals surface area contributed by atoms with Gasteiger partial charge in [-0.05, 0) is 71.6 Å². The Morgan fingerprint density at radius 2 is 1.34 bits per heavy atom. The number of nitrogens with one attached hydrogen (secondary N) is 1. The van der Waals surface area contributed by atoms with Gasteiger partial charge in [0.15, 0.2) is 0 Å². The first-order chi connectivity index (χ1) is 16.7. The third-order valence-electron chi connectivity index (χ3n) is 6.41. The molecule has 0 bridgehead atoms. The molecule has 182 valence electrons. The molecule has 0 aromatic heterocycles. The van der Waals surface area contributed by atoms with E-state index in [0.29, 0.717) is 24.4 Å². The predicted octanol–water partition coefficient (Wildman–Crippen LogP) is 5.21. The van der Waals surface area contributed by atoms with Gasteiger partial charge in [-0.15, -0.1) is 0 Å². The smallest absolute Gasteiger partial charge is 0.255 e. The highest BCUT2D eigenvalue weighted by Crippen LogP contribution is 2.24. The number of amides is 2. The lowest BCUT2D eigenvalue weighted by Crippen LogP contribution is -2.48. The van der Waals surface area contributed by atoms with Crippen molar-refractivity contribution in [1.29, 1.82) is 0 Å². The zero-order chi connectivity index (χ0) is 25.0. The van der Waals surface area contributed by atoms with Crippen LogP contribution in [-0.2, 0) is 5.41 Å². The number of carbonyl (C=O) groups excluding carboxylic acids is 2. The largest absolute Gasteiger partial charge is 0.497 e. The lowest BCUT2D eigenvalue weighted by Gasteiger charge is -2.36. The van der Waals surface area contributed by atoms with Gasteiger partial charge in [0, 0.05) is 48.7 Å². The van der Waals surface area contributed by atoms with Gasteiger partial charge in [-0.1, -0.05) is 32.9 Å². The highest BCUT2D eigenvalue weighted by Gasteiger charge is 2.23. The van der Waals surface area contributed by atoms with Crippen LogP contribution in [0.15, 0.2) is 72.8 Å². The van der Waals surface area contributed by atoms with Gasteiger partial charge >= 0.3 is 0 Å². The monoisotopic (exact) mass is 471 g/mol. The minimum absolute atomic E-state index is 0.0707. The average Bonchev–Trinajstić information content (AvgIpc) is 2.88. The topological polar surface area (TPSA) is 61.9 Å². The maximum Gasteiger partial charge on any atom is 0.255 e. The van der Waals surface area contributed by atoms with Crippen LogP contribution in [-0.4, -0.2) is 50.0 Å². The van der Waals surface area contributed by atoms with Gasteiger partial charge in [-0.25, -0.2) is 0 Å². The Kier molecular flexibility index (Phi) is 7.10. The molecule has 2 amide bonds. The molecule has 6 heteroatoms. The molecule has 1 aliphatic heterocycles. The molecule has 0 radical (unpaired) electrons. The van der Waals surface area contributed by atoms with Crippen LogP contribution in [0, 0.1) is 0 Å². The number of anilines is 2. The van der Waals surface area contributed by atoms with Crippen LogP contribution in [0.5, 0.6) is 5.75 Å². The van der Waals surface area contributed by atoms with Crippen LogP contribution < -0.4 is 15.0 Å². The van der Waals surface area contributed by atoms with Crippen molar-refractivity contribution in [1.82, 2.24) is 4.90 Å². The van der Waals surface area contributed by atoms with Crippen LogP contribution in [0.4, 0.5) is 11.4 Å². The van der Waals surface area contributed by atoms with Crippen molar-refractivity contribution in [2.45, 2.75) is 26.2 Å². The second-order valence-corrected chi connectivity index (χ2v) is 9.84. The van der Waals surface area contributed by atoms with E-state index in [0.717, 1.165) is 30.0 Å². The lowest BCUT2D eigenvalue weighted by molar-refractivity contribution is 0.0746. The van der Waals surface area contributed by atoms with Gasteiger partial charge in [0.1, 0.15) is 5.75 Å². The first-order valence-electron chi connectivity index (χ1n) is 11.9. The van der Waals surface area contributed by atoms with Crippen molar-refractivity contribution in [3.8, 4) is 5.75 Å². The summed E-state index contributed by atoms with van der Waals surface area (Å²) in [5, 5.41) is 2.93. The summed E-state index contributed by atoms with van der Waals surface area (Å²) < 4.78 is 5.14. The van der Waals surface area contributed by atoms with E-state index in [1.165, 1.54) is 5.56 Å². The number of hydrogen-bond donors (Lipinski definition) is 1. The fourth-order valence-electron chi connectivity index (χ4n) is 4.16. The molecule has 0 aliphatic carbocycles. The SMILES string of the molecule is COc1ccc(C(=O)Nc2ccc(N3CCN(C(=O)c4ccc(C(C)(C)C)cc4)CC3)cc2)cc1. The quantitative estimate of drug-likeness (QED) is 0.555. The van der Waals surface area contributed by atoms with Crippen LogP contribution in [0.2, 0.25) is 0 Å². The van der Waals surface area contributed by atoms with Crippen molar-refractivity contribution in [2.24, 2.45) is 0 Å². The number of rotatable bonds is 5. The first-order valence-corrected chi connectivity index (χ1v) is 11.9. The molecule has 0 saturated carbocycles. The molecule has 0 spiro atoms. The standard InChI is InChI=1S/C29H33N3O3/c1-29(2,3)23-9-5-22(6-10-23)28(34)32-19-17-31(18-20-32)25-13-11-24(12-14-25)30-27(33)21-7-15-26(35-4)16-8-21/h5-16H,17-20H2,1-4H3,(H,30,33). The summed E-state index contributed by atoms with van der Waals surface area (Å²) in [6.07, 6.45) is 0. The number of methoxy groups -OCH3 is 1. The predicted molar refractivity (Wildman–Crippen MR) is 141 cm³/mol. The lowest BCUT2D eigenvalue weighted by atomic mass is 9.86. The Hall–Kier alpha value is -3.80. The first kappa shape index (κ1) is 24.3. The zero-order valence-electron chi connectivity index (χ0n) is 20.9. The number of hydrogen-bond acceptors (Lipinski definition) is 4. The van der Waals surface area contributed by atoms with Crippen LogP contribution >= 0.6 is 0 Å². The van der Waals surface area contributed by atoms with Crippen molar-refractivity contribution in [2.75, 3.05) is 43.5 Å². The molecule has 35 heavy (non-hydrogen) atoms. The molecule has 6 nitrogen and oxygen atoms in total. The summed E-state index contributed by atoms with van der Waals surface area (Å²) >= 11 is 0. The molecule has 1 saturated heterocycles. The number of ether oxygens (including phenoxy) is 1. The summed E-state index contributed by atoms with van der Waals surface area (Å²) in [5.41, 5.74) is 4.42. The molecular formula is C29H33N3O3. The average molecular weight is 472 g/mol. The molecule has 0 atom stereocenters. The third kappa shape index (κ3) is 5.83. The number of benzene rings is 3. The molecule has 1 fully saturated rings. The highest BCUT2D eigenvalue weighted by molar-refractivity contribution is 6.04. The maximum absolute atomic E-state index is 13.0. The Labute approximate surface area is 207 Å². The van der Waals surface area contributed by atoms with Crippen molar-refractivity contribution in [3.05, 3.63) is 89.5 Å². The second-order valence-electron chi connectivity index (χ2n) is 9.84. The molecule has 1 heterocycles. The van der Waals surface area contributed by atoms with Gasteiger partial charge in [0.05, 0.1) is 7.11 Å². The molecular weight excluding hydrogens is 438 g/mol. The molecule has 3 aromatic carbocycles. The molecule has 4 rings (SSSR count). The Morgan fingerprint density at radius 3 is 1.89 bits per heavy atom. The number of carbonyl (C=O) groups is 2. The molecule has 0 unspecified atom stereocenters. The van der Waals surface area contributed by atoms with E-state index in [2.05, 4.69) is 43.1 Å². The minimum atomic E-state index is -0.164. The van der Waals surface area contributed by atoms with E-state index in [9.17, 15) is 9.59 Å². The van der Waals surface area contributed by atoms with E-state index >= 15 is 0 Å². The normalized spacial score (nSPS) is 13.9. The van der Waals surface area contributed by atoms with Gasteiger partial charge in [-0.3, -0.25) is 9.59 Å². The third-order valence-corrected chi connectivity index (χ3v) is 6.41. The fourth-order valence-corrected chi connectivity index (χ4v) is 4.16. The summed E-state index contributed by atoms with van der Waals surface area (Å²) in [5.74, 6) is 0.635. The van der Waals surface area contributed by atoms with Crippen molar-refractivity contribution in [3.63, 3.8) is 0 Å². The summed E-state index contributed by atoms with van der Waals surface area (Å²) in [6, 6.07) is 22.8. The summed E-state index contributed by atoms with van der Waals surface area (Å²) in [4.78, 5) is 29.6. The van der Waals surface area contributed by atoms with Crippen LogP contribution in [0.25, 0.3) is 0 Å². The maximum atomic E-state index is 13.0. The Morgan fingerprint density at radius 1 is 0.771 bits per heavy atom. The van der Waals surface area contributed by atoms with Gasteiger partial charge in [0.25, 0.3) is 11.8 Å². The van der Waals surface area contributed by atoms with Crippen LogP contribution in [0.1, 0.15) is 47.1 Å². The van der Waals surface area contributed by atoms with Crippen LogP contribution in [0.3, 0.4) is 0 Å². The fraction of sp³-hybridized carbons (Fsp3) is 0.310. The summed E-state index contributed by atoms with van der Waals surface area (Å²) in [6.45, 7) is 9.40. The van der Waals surface area contributed by atoms with E-state index in [1.54, 1.807) is 31.4 Å². The van der Waals surface area contributed by atoms with E-state index in [-0.39, 0.29) is 17.2 Å². The van der Waals surface area contributed by atoms with E-state index in [1.807, 2.05) is 41.3 Å². The second kappa shape index (κ2) is 10.2. The number of nitrogens with zero attached hydrogens (tertiary/aromatic N) is 2. The summed E-state index contributed by atoms with van der Waals surface area (Å²) in [7, 11) is 1.60. The molecule has 1 aliphatic rings. The van der Waals surface area contributed by atoms with Crippen molar-refractivity contribution >= 4 is 23.2 Å². The van der Waals surface area contributed by atoms with Gasteiger partial charge in [0.2, 0.25) is 0 Å².